The molecule has 0 radical (unpaired) electrons. The van der Waals surface area contributed by atoms with Gasteiger partial charge in [0.2, 0.25) is 11.8 Å². The quantitative estimate of drug-likeness (QED) is 0.488. The molecule has 0 N–H and O–H groups in total. The van der Waals surface area contributed by atoms with E-state index in [0.717, 1.165) is 24.1 Å². The van der Waals surface area contributed by atoms with Gasteiger partial charge in [-0.25, -0.2) is 0 Å². The molecule has 0 aliphatic carbocycles. The van der Waals surface area contributed by atoms with E-state index in [4.69, 9.17) is 4.74 Å². The van der Waals surface area contributed by atoms with Gasteiger partial charge in [-0.3, -0.25) is 9.59 Å². The maximum Gasteiger partial charge on any atom is 0.242 e. The number of rotatable bonds is 13. The molecule has 2 rings (SSSR count). The maximum absolute atomic E-state index is 13.5. The van der Waals surface area contributed by atoms with Crippen LogP contribution in [0.4, 0.5) is 0 Å². The minimum absolute atomic E-state index is 0.0288. The van der Waals surface area contributed by atoms with Gasteiger partial charge in [-0.1, -0.05) is 50.6 Å². The first-order valence-corrected chi connectivity index (χ1v) is 11.2. The second-order valence-corrected chi connectivity index (χ2v) is 7.90. The number of ether oxygens (including phenoxy) is 1. The lowest BCUT2D eigenvalue weighted by molar-refractivity contribution is -0.142. The molecule has 6 heteroatoms. The number of hydrogen-bond donors (Lipinski definition) is 0. The van der Waals surface area contributed by atoms with Gasteiger partial charge in [0, 0.05) is 39.1 Å². The van der Waals surface area contributed by atoms with E-state index < -0.39 is 0 Å². The van der Waals surface area contributed by atoms with Crippen LogP contribution in [0.1, 0.15) is 50.3 Å². The summed E-state index contributed by atoms with van der Waals surface area (Å²) in [5.74, 6) is -0.252. The third-order valence-electron chi connectivity index (χ3n) is 5.65. The van der Waals surface area contributed by atoms with Crippen LogP contribution in [0.2, 0.25) is 0 Å². The number of carbonyl (C=O) groups is 2. The van der Waals surface area contributed by atoms with Crippen molar-refractivity contribution in [1.82, 2.24) is 14.4 Å². The fourth-order valence-corrected chi connectivity index (χ4v) is 3.69. The topological polar surface area (TPSA) is 54.8 Å². The van der Waals surface area contributed by atoms with E-state index in [1.165, 1.54) is 0 Å². The standard InChI is InChI=1S/C25H37N3O3/c1-5-7-16-28(25(30)23(6-2)21-12-9-8-10-13-21)20-24(29)27(17-18-31-4)19-22-14-11-15-26(22)3/h8-15,23H,5-7,16-20H2,1-4H3. The van der Waals surface area contributed by atoms with Gasteiger partial charge in [0.1, 0.15) is 0 Å². The molecule has 6 nitrogen and oxygen atoms in total. The second kappa shape index (κ2) is 13.0. The minimum atomic E-state index is -0.230. The Bertz CT molecular complexity index is 803. The fraction of sp³-hybridized carbons (Fsp3) is 0.520. The zero-order chi connectivity index (χ0) is 22.6. The Hall–Kier alpha value is -2.60. The number of benzene rings is 1. The number of amides is 2. The molecule has 0 saturated carbocycles. The average Bonchev–Trinajstić information content (AvgIpc) is 3.19. The number of methoxy groups -OCH3 is 1. The highest BCUT2D eigenvalue weighted by Crippen LogP contribution is 2.22. The summed E-state index contributed by atoms with van der Waals surface area (Å²) < 4.78 is 7.23. The van der Waals surface area contributed by atoms with Crippen LogP contribution in [-0.4, -0.2) is 59.5 Å². The molecule has 0 saturated heterocycles. The summed E-state index contributed by atoms with van der Waals surface area (Å²) in [4.78, 5) is 30.3. The van der Waals surface area contributed by atoms with Gasteiger partial charge in [0.05, 0.1) is 25.6 Å². The smallest absolute Gasteiger partial charge is 0.242 e. The number of nitrogens with zero attached hydrogens (tertiary/aromatic N) is 3. The predicted octanol–water partition coefficient (Wildman–Crippen LogP) is 3.82. The van der Waals surface area contributed by atoms with Crippen molar-refractivity contribution in [2.45, 2.75) is 45.6 Å². The normalized spacial score (nSPS) is 11.9. The first-order valence-electron chi connectivity index (χ1n) is 11.2. The highest BCUT2D eigenvalue weighted by molar-refractivity contribution is 5.88. The molecule has 31 heavy (non-hydrogen) atoms. The molecule has 0 bridgehead atoms. The number of aromatic nitrogens is 1. The van der Waals surface area contributed by atoms with Gasteiger partial charge in [-0.15, -0.1) is 0 Å². The van der Waals surface area contributed by atoms with Crippen molar-refractivity contribution in [3.63, 3.8) is 0 Å². The lowest BCUT2D eigenvalue weighted by Gasteiger charge is -2.30. The lowest BCUT2D eigenvalue weighted by atomic mass is 9.95. The molecule has 0 spiro atoms. The largest absolute Gasteiger partial charge is 0.383 e. The summed E-state index contributed by atoms with van der Waals surface area (Å²) in [5.41, 5.74) is 2.05. The Morgan fingerprint density at radius 1 is 1.03 bits per heavy atom. The number of hydrogen-bond acceptors (Lipinski definition) is 3. The third kappa shape index (κ3) is 7.24. The van der Waals surface area contributed by atoms with E-state index in [-0.39, 0.29) is 24.3 Å². The summed E-state index contributed by atoms with van der Waals surface area (Å²) in [5, 5.41) is 0. The van der Waals surface area contributed by atoms with E-state index in [9.17, 15) is 9.59 Å². The van der Waals surface area contributed by atoms with Crippen LogP contribution in [0.15, 0.2) is 48.7 Å². The number of unbranched alkanes of at least 4 members (excludes halogenated alkanes) is 1. The zero-order valence-corrected chi connectivity index (χ0v) is 19.4. The van der Waals surface area contributed by atoms with E-state index in [1.807, 2.05) is 67.2 Å². The van der Waals surface area contributed by atoms with E-state index >= 15 is 0 Å². The monoisotopic (exact) mass is 427 g/mol. The van der Waals surface area contributed by atoms with Crippen LogP contribution in [0.3, 0.4) is 0 Å². The molecule has 0 aliphatic rings. The molecule has 1 aromatic carbocycles. The maximum atomic E-state index is 13.5. The number of carbonyl (C=O) groups excluding carboxylic acids is 2. The van der Waals surface area contributed by atoms with Crippen LogP contribution < -0.4 is 0 Å². The fourth-order valence-electron chi connectivity index (χ4n) is 3.69. The lowest BCUT2D eigenvalue weighted by Crippen LogP contribution is -2.45. The molecule has 1 unspecified atom stereocenters. The molecule has 170 valence electrons. The third-order valence-corrected chi connectivity index (χ3v) is 5.65. The first kappa shape index (κ1) is 24.7. The molecule has 1 aromatic heterocycles. The average molecular weight is 428 g/mol. The van der Waals surface area contributed by atoms with Gasteiger partial charge < -0.3 is 19.1 Å². The Balaban J connectivity index is 2.18. The summed E-state index contributed by atoms with van der Waals surface area (Å²) in [6.45, 7) is 6.25. The van der Waals surface area contributed by atoms with Gasteiger partial charge in [-0.05, 0) is 30.5 Å². The molecule has 1 atom stereocenters. The van der Waals surface area contributed by atoms with E-state index in [1.54, 1.807) is 16.9 Å². The highest BCUT2D eigenvalue weighted by atomic mass is 16.5. The van der Waals surface area contributed by atoms with Crippen molar-refractivity contribution in [2.24, 2.45) is 7.05 Å². The molecule has 2 aromatic rings. The van der Waals surface area contributed by atoms with Gasteiger partial charge in [0.15, 0.2) is 0 Å². The zero-order valence-electron chi connectivity index (χ0n) is 19.4. The van der Waals surface area contributed by atoms with Crippen LogP contribution in [0, 0.1) is 0 Å². The van der Waals surface area contributed by atoms with Gasteiger partial charge in [0.25, 0.3) is 0 Å². The Kier molecular flexibility index (Phi) is 10.3. The molecular formula is C25H37N3O3. The van der Waals surface area contributed by atoms with Crippen molar-refractivity contribution >= 4 is 11.8 Å². The predicted molar refractivity (Wildman–Crippen MR) is 124 cm³/mol. The molecule has 0 fully saturated rings. The summed E-state index contributed by atoms with van der Waals surface area (Å²) >= 11 is 0. The van der Waals surface area contributed by atoms with E-state index in [0.29, 0.717) is 32.7 Å². The Morgan fingerprint density at radius 2 is 1.77 bits per heavy atom. The summed E-state index contributed by atoms with van der Waals surface area (Å²) in [6.07, 6.45) is 4.52. The Labute approximate surface area is 186 Å². The van der Waals surface area contributed by atoms with Gasteiger partial charge in [-0.2, -0.15) is 0 Å². The molecule has 1 heterocycles. The van der Waals surface area contributed by atoms with Crippen molar-refractivity contribution in [3.05, 3.63) is 59.9 Å². The van der Waals surface area contributed by atoms with Crippen LogP contribution >= 0.6 is 0 Å². The van der Waals surface area contributed by atoms with Crippen molar-refractivity contribution in [2.75, 3.05) is 33.4 Å². The van der Waals surface area contributed by atoms with Crippen LogP contribution in [0.25, 0.3) is 0 Å². The Morgan fingerprint density at radius 3 is 2.35 bits per heavy atom. The SMILES string of the molecule is CCCCN(CC(=O)N(CCOC)Cc1cccn1C)C(=O)C(CC)c1ccccc1. The van der Waals surface area contributed by atoms with Crippen molar-refractivity contribution in [1.29, 1.82) is 0 Å². The highest BCUT2D eigenvalue weighted by Gasteiger charge is 2.27. The molecule has 0 aliphatic heterocycles. The van der Waals surface area contributed by atoms with Gasteiger partial charge >= 0.3 is 0 Å². The summed E-state index contributed by atoms with van der Waals surface area (Å²) in [7, 11) is 3.60. The minimum Gasteiger partial charge on any atom is -0.383 e. The second-order valence-electron chi connectivity index (χ2n) is 7.90. The number of aryl methyl sites for hydroxylation is 1. The first-order chi connectivity index (χ1) is 15.0. The van der Waals surface area contributed by atoms with Crippen LogP contribution in [0.5, 0.6) is 0 Å². The summed E-state index contributed by atoms with van der Waals surface area (Å²) in [6, 6.07) is 13.8. The van der Waals surface area contributed by atoms with Crippen LogP contribution in [-0.2, 0) is 27.9 Å². The van der Waals surface area contributed by atoms with Crippen molar-refractivity contribution in [3.8, 4) is 0 Å². The molecular weight excluding hydrogens is 390 g/mol. The van der Waals surface area contributed by atoms with E-state index in [2.05, 4.69) is 6.92 Å². The molecule has 2 amide bonds. The van der Waals surface area contributed by atoms with Crippen molar-refractivity contribution < 1.29 is 14.3 Å².